The summed E-state index contributed by atoms with van der Waals surface area (Å²) in [4.78, 5) is 24.5. The van der Waals surface area contributed by atoms with Crippen molar-refractivity contribution in [3.8, 4) is 0 Å². The number of thioether (sulfide) groups is 1. The summed E-state index contributed by atoms with van der Waals surface area (Å²) >= 11 is 1.42. The molecule has 0 aliphatic heterocycles. The average molecular weight is 342 g/mol. The fourth-order valence-electron chi connectivity index (χ4n) is 1.85. The second-order valence-electron chi connectivity index (χ2n) is 4.89. The van der Waals surface area contributed by atoms with Crippen molar-refractivity contribution in [3.63, 3.8) is 0 Å². The van der Waals surface area contributed by atoms with Crippen LogP contribution in [-0.2, 0) is 4.74 Å². The first-order valence-corrected chi connectivity index (χ1v) is 8.36. The summed E-state index contributed by atoms with van der Waals surface area (Å²) in [5.41, 5.74) is 8.15. The maximum Gasteiger partial charge on any atom is 0.338 e. The minimum Gasteiger partial charge on any atom is -0.456 e. The van der Waals surface area contributed by atoms with Gasteiger partial charge in [-0.05, 0) is 30.9 Å². The van der Waals surface area contributed by atoms with Gasteiger partial charge in [-0.2, -0.15) is 0 Å². The largest absolute Gasteiger partial charge is 0.456 e. The van der Waals surface area contributed by atoms with E-state index in [1.807, 2.05) is 19.2 Å². The molecule has 1 aromatic carbocycles. The highest BCUT2D eigenvalue weighted by atomic mass is 32.2. The van der Waals surface area contributed by atoms with Crippen LogP contribution in [0.2, 0.25) is 0 Å². The molecule has 0 aliphatic rings. The van der Waals surface area contributed by atoms with Crippen molar-refractivity contribution in [1.82, 2.24) is 9.97 Å². The number of carbonyl (C=O) groups excluding carboxylic acids is 1. The molecular weight excluding hydrogens is 324 g/mol. The normalized spacial score (nSPS) is 11.2. The number of benzene rings is 1. The molecule has 0 spiro atoms. The minimum atomic E-state index is -0.437. The number of ether oxygens (including phenoxy) is 1. The van der Waals surface area contributed by atoms with Gasteiger partial charge in [0.2, 0.25) is 0 Å². The Morgan fingerprint density at radius 1 is 1.38 bits per heavy atom. The Kier molecular flexibility index (Phi) is 6.08. The number of amidine groups is 1. The number of nitrogens with two attached hydrogens (primary N) is 1. The maximum atomic E-state index is 11.9. The van der Waals surface area contributed by atoms with Crippen molar-refractivity contribution in [1.29, 1.82) is 0 Å². The van der Waals surface area contributed by atoms with Gasteiger partial charge in [-0.1, -0.05) is 36.5 Å². The first-order valence-electron chi connectivity index (χ1n) is 7.13. The molecule has 6 nitrogen and oxygen atoms in total. The molecule has 1 aromatic heterocycles. The van der Waals surface area contributed by atoms with Gasteiger partial charge in [0.15, 0.2) is 5.16 Å². The summed E-state index contributed by atoms with van der Waals surface area (Å²) in [6.07, 6.45) is 3.57. The van der Waals surface area contributed by atoms with Crippen LogP contribution in [0.3, 0.4) is 0 Å². The Morgan fingerprint density at radius 2 is 2.08 bits per heavy atom. The van der Waals surface area contributed by atoms with E-state index in [2.05, 4.69) is 21.5 Å². The van der Waals surface area contributed by atoms with E-state index < -0.39 is 5.97 Å². The lowest BCUT2D eigenvalue weighted by atomic mass is 10.2. The first kappa shape index (κ1) is 17.7. The molecule has 124 valence electrons. The average Bonchev–Trinajstić information content (AvgIpc) is 2.60. The molecule has 0 saturated carbocycles. The van der Waals surface area contributed by atoms with Crippen LogP contribution in [0.15, 0.2) is 59.0 Å². The van der Waals surface area contributed by atoms with Crippen LogP contribution < -0.4 is 5.73 Å². The van der Waals surface area contributed by atoms with Crippen molar-refractivity contribution < 1.29 is 9.53 Å². The molecule has 2 rings (SSSR count). The van der Waals surface area contributed by atoms with Gasteiger partial charge in [0.1, 0.15) is 18.1 Å². The third-order valence-electron chi connectivity index (χ3n) is 3.03. The molecule has 0 aliphatic carbocycles. The second-order valence-corrected chi connectivity index (χ2v) is 5.67. The summed E-state index contributed by atoms with van der Waals surface area (Å²) in [6, 6.07) is 8.72. The second kappa shape index (κ2) is 8.26. The van der Waals surface area contributed by atoms with Crippen LogP contribution in [-0.4, -0.2) is 34.6 Å². The summed E-state index contributed by atoms with van der Waals surface area (Å²) in [7, 11) is 0. The van der Waals surface area contributed by atoms with Crippen LogP contribution in [0.1, 0.15) is 21.6 Å². The van der Waals surface area contributed by atoms with Gasteiger partial charge in [0, 0.05) is 6.20 Å². The zero-order valence-corrected chi connectivity index (χ0v) is 14.3. The molecule has 24 heavy (non-hydrogen) atoms. The van der Waals surface area contributed by atoms with Crippen LogP contribution in [0.4, 0.5) is 0 Å². The van der Waals surface area contributed by atoms with Crippen LogP contribution >= 0.6 is 11.8 Å². The lowest BCUT2D eigenvalue weighted by Crippen LogP contribution is -2.18. The smallest absolute Gasteiger partial charge is 0.338 e. The third kappa shape index (κ3) is 4.66. The van der Waals surface area contributed by atoms with Gasteiger partial charge in [-0.3, -0.25) is 0 Å². The van der Waals surface area contributed by atoms with E-state index in [9.17, 15) is 4.79 Å². The number of hydrogen-bond acceptors (Lipinski definition) is 6. The van der Waals surface area contributed by atoms with Crippen molar-refractivity contribution in [3.05, 3.63) is 65.6 Å². The van der Waals surface area contributed by atoms with Crippen molar-refractivity contribution in [2.45, 2.75) is 12.1 Å². The monoisotopic (exact) mass is 342 g/mol. The Balaban J connectivity index is 2.03. The van der Waals surface area contributed by atoms with E-state index in [4.69, 9.17) is 10.5 Å². The summed E-state index contributed by atoms with van der Waals surface area (Å²) in [5, 5.41) is 0.606. The number of aromatic nitrogens is 2. The minimum absolute atomic E-state index is 0.0477. The molecule has 2 N–H and O–H groups in total. The molecule has 0 unspecified atom stereocenters. The number of hydrogen-bond donors (Lipinski definition) is 1. The third-order valence-corrected chi connectivity index (χ3v) is 3.59. The molecule has 0 radical (unpaired) electrons. The predicted molar refractivity (Wildman–Crippen MR) is 95.1 cm³/mol. The van der Waals surface area contributed by atoms with E-state index in [0.29, 0.717) is 22.1 Å². The van der Waals surface area contributed by atoms with Crippen LogP contribution in [0, 0.1) is 6.92 Å². The van der Waals surface area contributed by atoms with Gasteiger partial charge >= 0.3 is 5.97 Å². The molecule has 1 heterocycles. The molecule has 0 fully saturated rings. The lowest BCUT2D eigenvalue weighted by molar-refractivity contribution is 0.0539. The molecule has 0 amide bonds. The molecular formula is C17H18N4O2S. The Morgan fingerprint density at radius 3 is 2.75 bits per heavy atom. The Hall–Kier alpha value is -2.67. The first-order chi connectivity index (χ1) is 11.5. The number of aryl methyl sites for hydroxylation is 1. The fraction of sp³-hybridized carbons (Fsp3) is 0.176. The highest BCUT2D eigenvalue weighted by Crippen LogP contribution is 2.12. The topological polar surface area (TPSA) is 90.5 Å². The van der Waals surface area contributed by atoms with Gasteiger partial charge < -0.3 is 10.5 Å². The summed E-state index contributed by atoms with van der Waals surface area (Å²) in [5.74, 6) is -0.223. The van der Waals surface area contributed by atoms with E-state index in [1.54, 1.807) is 30.5 Å². The van der Waals surface area contributed by atoms with E-state index in [0.717, 1.165) is 5.56 Å². The van der Waals surface area contributed by atoms with Gasteiger partial charge in [0.25, 0.3) is 0 Å². The van der Waals surface area contributed by atoms with Crippen molar-refractivity contribution in [2.75, 3.05) is 12.9 Å². The van der Waals surface area contributed by atoms with Gasteiger partial charge in [-0.25, -0.2) is 19.8 Å². The fourth-order valence-corrected chi connectivity index (χ4v) is 2.19. The molecule has 2 aromatic rings. The zero-order chi connectivity index (χ0) is 17.5. The number of rotatable bonds is 6. The van der Waals surface area contributed by atoms with E-state index >= 15 is 0 Å². The highest BCUT2D eigenvalue weighted by molar-refractivity contribution is 7.98. The van der Waals surface area contributed by atoms with Gasteiger partial charge in [-0.15, -0.1) is 0 Å². The molecule has 0 saturated heterocycles. The molecule has 0 atom stereocenters. The van der Waals surface area contributed by atoms with Crippen LogP contribution in [0.5, 0.6) is 0 Å². The van der Waals surface area contributed by atoms with Gasteiger partial charge in [0.05, 0.1) is 11.3 Å². The molecule has 7 heteroatoms. The number of aliphatic imine (C=N–C) groups is 1. The standard InChI is InChI=1S/C17H18N4O2S/c1-11-9-19-17(24-3)21-14(11)15(18)20-12(2)10-23-16(22)13-7-5-4-6-8-13/h4-9H,2,10H2,1,3H3,(H2,18,20). The SMILES string of the molecule is C=C(COC(=O)c1ccccc1)/N=C(/N)c1nc(SC)ncc1C. The highest BCUT2D eigenvalue weighted by Gasteiger charge is 2.10. The molecule has 0 bridgehead atoms. The quantitative estimate of drug-likeness (QED) is 0.285. The van der Waals surface area contributed by atoms with Crippen molar-refractivity contribution in [2.24, 2.45) is 10.7 Å². The van der Waals surface area contributed by atoms with Crippen LogP contribution in [0.25, 0.3) is 0 Å². The van der Waals surface area contributed by atoms with Crippen molar-refractivity contribution >= 4 is 23.6 Å². The maximum absolute atomic E-state index is 11.9. The number of esters is 1. The predicted octanol–water partition coefficient (Wildman–Crippen LogP) is 2.58. The zero-order valence-electron chi connectivity index (χ0n) is 13.5. The lowest BCUT2D eigenvalue weighted by Gasteiger charge is -2.07. The number of nitrogens with zero attached hydrogens (tertiary/aromatic N) is 3. The van der Waals surface area contributed by atoms with E-state index in [1.165, 1.54) is 11.8 Å². The summed E-state index contributed by atoms with van der Waals surface area (Å²) in [6.45, 7) is 5.56. The Bertz CT molecular complexity index is 775. The Labute approximate surface area is 144 Å². The summed E-state index contributed by atoms with van der Waals surface area (Å²) < 4.78 is 5.16. The number of carbonyl (C=O) groups is 1. The van der Waals surface area contributed by atoms with E-state index in [-0.39, 0.29) is 12.4 Å².